The van der Waals surface area contributed by atoms with Crippen molar-refractivity contribution in [2.24, 2.45) is 11.1 Å². The molecule has 1 atom stereocenters. The SMILES string of the molecule is COC(=O)c1sccc1S(=O)(=O)NC[C@@H](N)C(C)(C)C. The van der Waals surface area contributed by atoms with Crippen LogP contribution in [0, 0.1) is 5.41 Å². The molecular weight excluding hydrogens is 300 g/mol. The van der Waals surface area contributed by atoms with Crippen LogP contribution in [-0.4, -0.2) is 34.1 Å². The Morgan fingerprint density at radius 3 is 2.60 bits per heavy atom. The van der Waals surface area contributed by atoms with Crippen LogP contribution in [-0.2, 0) is 14.8 Å². The summed E-state index contributed by atoms with van der Waals surface area (Å²) in [5.41, 5.74) is 5.70. The second-order valence-corrected chi connectivity index (χ2v) is 8.08. The maximum absolute atomic E-state index is 12.2. The maximum atomic E-state index is 12.2. The average molecular weight is 320 g/mol. The summed E-state index contributed by atoms with van der Waals surface area (Å²) in [5, 5.41) is 1.53. The molecule has 0 unspecified atom stereocenters. The quantitative estimate of drug-likeness (QED) is 0.794. The standard InChI is InChI=1S/C12H20N2O4S2/c1-12(2,3)9(13)7-14-20(16,17)8-5-6-19-10(8)11(15)18-4/h5-6,9,14H,7,13H2,1-4H3/t9-/m1/s1. The van der Waals surface area contributed by atoms with E-state index in [1.807, 2.05) is 20.8 Å². The first-order valence-electron chi connectivity index (χ1n) is 6.00. The largest absolute Gasteiger partial charge is 0.465 e. The van der Waals surface area contributed by atoms with E-state index in [1.165, 1.54) is 18.6 Å². The van der Waals surface area contributed by atoms with E-state index < -0.39 is 16.0 Å². The number of nitrogens with two attached hydrogens (primary N) is 1. The minimum absolute atomic E-state index is 0.0596. The van der Waals surface area contributed by atoms with Crippen molar-refractivity contribution in [3.63, 3.8) is 0 Å². The van der Waals surface area contributed by atoms with Gasteiger partial charge in [-0.1, -0.05) is 20.8 Å². The van der Waals surface area contributed by atoms with Crippen LogP contribution in [0.5, 0.6) is 0 Å². The summed E-state index contributed by atoms with van der Waals surface area (Å²) >= 11 is 1.02. The minimum atomic E-state index is -3.78. The number of ether oxygens (including phenoxy) is 1. The zero-order chi connectivity index (χ0) is 15.6. The van der Waals surface area contributed by atoms with Gasteiger partial charge in [-0.2, -0.15) is 0 Å². The van der Waals surface area contributed by atoms with Crippen LogP contribution in [0.1, 0.15) is 30.4 Å². The van der Waals surface area contributed by atoms with E-state index >= 15 is 0 Å². The molecule has 0 aliphatic carbocycles. The number of nitrogens with one attached hydrogen (secondary N) is 1. The fraction of sp³-hybridized carbons (Fsp3) is 0.583. The molecule has 114 valence electrons. The first-order chi connectivity index (χ1) is 9.09. The zero-order valence-corrected chi connectivity index (χ0v) is 13.6. The van der Waals surface area contributed by atoms with Crippen molar-refractivity contribution < 1.29 is 17.9 Å². The second kappa shape index (κ2) is 6.21. The third-order valence-electron chi connectivity index (χ3n) is 2.90. The van der Waals surface area contributed by atoms with Gasteiger partial charge in [0.15, 0.2) is 0 Å². The fourth-order valence-corrected chi connectivity index (χ4v) is 3.73. The van der Waals surface area contributed by atoms with Gasteiger partial charge in [0.25, 0.3) is 0 Å². The summed E-state index contributed by atoms with van der Waals surface area (Å²) in [6.45, 7) is 5.88. The third-order valence-corrected chi connectivity index (χ3v) is 5.38. The van der Waals surface area contributed by atoms with Crippen molar-refractivity contribution in [1.82, 2.24) is 4.72 Å². The molecule has 0 spiro atoms. The Kier molecular flexibility index (Phi) is 5.31. The summed E-state index contributed by atoms with van der Waals surface area (Å²) in [7, 11) is -2.57. The van der Waals surface area contributed by atoms with Gasteiger partial charge < -0.3 is 10.5 Å². The van der Waals surface area contributed by atoms with Gasteiger partial charge in [-0.05, 0) is 16.9 Å². The van der Waals surface area contributed by atoms with Gasteiger partial charge in [-0.25, -0.2) is 17.9 Å². The summed E-state index contributed by atoms with van der Waals surface area (Å²) < 4.78 is 31.4. The highest BCUT2D eigenvalue weighted by molar-refractivity contribution is 7.89. The highest BCUT2D eigenvalue weighted by atomic mass is 32.2. The molecule has 1 aromatic rings. The minimum Gasteiger partial charge on any atom is -0.465 e. The van der Waals surface area contributed by atoms with E-state index in [4.69, 9.17) is 5.73 Å². The Labute approximate surface area is 123 Å². The normalized spacial score (nSPS) is 14.1. The van der Waals surface area contributed by atoms with Crippen molar-refractivity contribution in [3.05, 3.63) is 16.3 Å². The highest BCUT2D eigenvalue weighted by Crippen LogP contribution is 2.23. The molecule has 0 saturated carbocycles. The molecular formula is C12H20N2O4S2. The fourth-order valence-electron chi connectivity index (χ4n) is 1.33. The number of esters is 1. The van der Waals surface area contributed by atoms with E-state index in [0.717, 1.165) is 11.3 Å². The Balaban J connectivity index is 2.91. The summed E-state index contributed by atoms with van der Waals surface area (Å²) in [4.78, 5) is 11.5. The molecule has 0 fully saturated rings. The van der Waals surface area contributed by atoms with Crippen molar-refractivity contribution >= 4 is 27.3 Å². The van der Waals surface area contributed by atoms with Crippen LogP contribution in [0.25, 0.3) is 0 Å². The predicted octanol–water partition coefficient (Wildman–Crippen LogP) is 1.19. The molecule has 0 bridgehead atoms. The predicted molar refractivity (Wildman–Crippen MR) is 78.3 cm³/mol. The van der Waals surface area contributed by atoms with E-state index in [2.05, 4.69) is 9.46 Å². The molecule has 1 heterocycles. The first-order valence-corrected chi connectivity index (χ1v) is 8.37. The van der Waals surface area contributed by atoms with Crippen molar-refractivity contribution in [3.8, 4) is 0 Å². The average Bonchev–Trinajstić information content (AvgIpc) is 2.83. The number of hydrogen-bond acceptors (Lipinski definition) is 6. The van der Waals surface area contributed by atoms with Crippen LogP contribution < -0.4 is 10.5 Å². The number of carbonyl (C=O) groups excluding carboxylic acids is 1. The molecule has 0 aromatic carbocycles. The van der Waals surface area contributed by atoms with Crippen LogP contribution in [0.2, 0.25) is 0 Å². The van der Waals surface area contributed by atoms with Crippen LogP contribution in [0.4, 0.5) is 0 Å². The molecule has 1 aromatic heterocycles. The molecule has 8 heteroatoms. The Bertz CT molecular complexity index is 573. The molecule has 0 saturated heterocycles. The Hall–Kier alpha value is -0.960. The lowest BCUT2D eigenvalue weighted by atomic mass is 9.88. The molecule has 0 aliphatic heterocycles. The van der Waals surface area contributed by atoms with Crippen molar-refractivity contribution in [2.45, 2.75) is 31.7 Å². The number of hydrogen-bond donors (Lipinski definition) is 2. The molecule has 20 heavy (non-hydrogen) atoms. The lowest BCUT2D eigenvalue weighted by Gasteiger charge is -2.27. The molecule has 3 N–H and O–H groups in total. The van der Waals surface area contributed by atoms with Gasteiger partial charge >= 0.3 is 5.97 Å². The van der Waals surface area contributed by atoms with Crippen molar-refractivity contribution in [2.75, 3.05) is 13.7 Å². The molecule has 0 aliphatic rings. The summed E-state index contributed by atoms with van der Waals surface area (Å²) in [6.07, 6.45) is 0. The number of sulfonamides is 1. The van der Waals surface area contributed by atoms with Crippen LogP contribution >= 0.6 is 11.3 Å². The second-order valence-electron chi connectivity index (χ2n) is 5.43. The molecule has 0 amide bonds. The highest BCUT2D eigenvalue weighted by Gasteiger charge is 2.27. The summed E-state index contributed by atoms with van der Waals surface area (Å²) in [6, 6.07) is 1.04. The monoisotopic (exact) mass is 320 g/mol. The van der Waals surface area contributed by atoms with E-state index in [9.17, 15) is 13.2 Å². The van der Waals surface area contributed by atoms with Gasteiger partial charge in [0.2, 0.25) is 10.0 Å². The number of methoxy groups -OCH3 is 1. The van der Waals surface area contributed by atoms with Gasteiger partial charge in [0, 0.05) is 12.6 Å². The van der Waals surface area contributed by atoms with Crippen LogP contribution in [0.3, 0.4) is 0 Å². The Morgan fingerprint density at radius 2 is 2.10 bits per heavy atom. The smallest absolute Gasteiger partial charge is 0.349 e. The van der Waals surface area contributed by atoms with Gasteiger partial charge in [0.05, 0.1) is 7.11 Å². The summed E-state index contributed by atoms with van der Waals surface area (Å²) in [5.74, 6) is -0.666. The topological polar surface area (TPSA) is 98.5 Å². The Morgan fingerprint density at radius 1 is 1.50 bits per heavy atom. The lowest BCUT2D eigenvalue weighted by Crippen LogP contribution is -2.45. The van der Waals surface area contributed by atoms with Crippen molar-refractivity contribution in [1.29, 1.82) is 0 Å². The number of thiophene rings is 1. The van der Waals surface area contributed by atoms with Gasteiger partial charge in [-0.3, -0.25) is 0 Å². The lowest BCUT2D eigenvalue weighted by molar-refractivity contribution is 0.0602. The van der Waals surface area contributed by atoms with E-state index in [-0.39, 0.29) is 27.8 Å². The van der Waals surface area contributed by atoms with Gasteiger partial charge in [-0.15, -0.1) is 11.3 Å². The van der Waals surface area contributed by atoms with Gasteiger partial charge in [0.1, 0.15) is 9.77 Å². The van der Waals surface area contributed by atoms with E-state index in [1.54, 1.807) is 0 Å². The van der Waals surface area contributed by atoms with Crippen LogP contribution in [0.15, 0.2) is 16.3 Å². The third kappa shape index (κ3) is 4.02. The number of rotatable bonds is 5. The number of carbonyl (C=O) groups is 1. The first kappa shape index (κ1) is 17.1. The van der Waals surface area contributed by atoms with E-state index in [0.29, 0.717) is 0 Å². The maximum Gasteiger partial charge on any atom is 0.349 e. The molecule has 0 radical (unpaired) electrons. The molecule has 1 rings (SSSR count). The zero-order valence-electron chi connectivity index (χ0n) is 12.0. The molecule has 6 nitrogen and oxygen atoms in total.